The normalized spacial score (nSPS) is 20.2. The molecule has 192 valence electrons. The van der Waals surface area contributed by atoms with Crippen molar-refractivity contribution in [2.75, 3.05) is 26.2 Å². The zero-order valence-electron chi connectivity index (χ0n) is 21.2. The summed E-state index contributed by atoms with van der Waals surface area (Å²) in [5.74, 6) is -0.439. The number of fused-ring (bicyclic) bond motifs is 1. The Kier molecular flexibility index (Phi) is 7.52. The fourth-order valence-corrected chi connectivity index (χ4v) is 5.55. The van der Waals surface area contributed by atoms with E-state index in [0.717, 1.165) is 11.3 Å². The summed E-state index contributed by atoms with van der Waals surface area (Å²) in [6.45, 7) is 10.9. The zero-order valence-corrected chi connectivity index (χ0v) is 22.8. The van der Waals surface area contributed by atoms with Crippen LogP contribution in [-0.4, -0.2) is 69.4 Å². The minimum Gasteiger partial charge on any atom is -0.456 e. The second-order valence-electron chi connectivity index (χ2n) is 10.0. The monoisotopic (exact) mass is 530 g/mol. The van der Waals surface area contributed by atoms with Crippen LogP contribution in [0.15, 0.2) is 51.6 Å². The summed E-state index contributed by atoms with van der Waals surface area (Å²) in [7, 11) is 0. The number of thioether (sulfide) groups is 1. The van der Waals surface area contributed by atoms with Gasteiger partial charge in [-0.2, -0.15) is 0 Å². The van der Waals surface area contributed by atoms with Crippen LogP contribution in [0.4, 0.5) is 0 Å². The number of amides is 2. The van der Waals surface area contributed by atoms with E-state index in [9.17, 15) is 14.4 Å². The van der Waals surface area contributed by atoms with Crippen LogP contribution in [-0.2, 0) is 19.1 Å². The molecule has 0 unspecified atom stereocenters. The largest absolute Gasteiger partial charge is 0.456 e. The van der Waals surface area contributed by atoms with E-state index in [0.29, 0.717) is 47.6 Å². The van der Waals surface area contributed by atoms with E-state index in [2.05, 4.69) is 0 Å². The molecule has 3 aliphatic heterocycles. The van der Waals surface area contributed by atoms with Gasteiger partial charge in [-0.25, -0.2) is 9.79 Å². The predicted molar refractivity (Wildman–Crippen MR) is 141 cm³/mol. The molecule has 0 bridgehead atoms. The Morgan fingerprint density at radius 3 is 2.28 bits per heavy atom. The summed E-state index contributed by atoms with van der Waals surface area (Å²) in [6, 6.07) is 6.84. The van der Waals surface area contributed by atoms with Gasteiger partial charge in [-0.1, -0.05) is 35.5 Å². The molecule has 3 aliphatic rings. The summed E-state index contributed by atoms with van der Waals surface area (Å²) in [5, 5.41) is 3.23. The van der Waals surface area contributed by atoms with Crippen molar-refractivity contribution < 1.29 is 19.1 Å². The van der Waals surface area contributed by atoms with E-state index in [-0.39, 0.29) is 18.2 Å². The minimum atomic E-state index is -0.671. The van der Waals surface area contributed by atoms with Crippen LogP contribution in [0.5, 0.6) is 0 Å². The molecule has 0 aromatic heterocycles. The van der Waals surface area contributed by atoms with E-state index in [1.54, 1.807) is 28.9 Å². The first kappa shape index (κ1) is 26.3. The predicted octanol–water partition coefficient (Wildman–Crippen LogP) is 4.34. The lowest BCUT2D eigenvalue weighted by Crippen LogP contribution is -2.50. The molecule has 1 saturated heterocycles. The molecule has 1 atom stereocenters. The minimum absolute atomic E-state index is 0.0220. The highest BCUT2D eigenvalue weighted by Gasteiger charge is 2.42. The molecule has 1 aromatic carbocycles. The number of halogens is 1. The van der Waals surface area contributed by atoms with Crippen molar-refractivity contribution in [1.82, 2.24) is 14.7 Å². The summed E-state index contributed by atoms with van der Waals surface area (Å²) in [6.07, 6.45) is 0.164. The summed E-state index contributed by atoms with van der Waals surface area (Å²) >= 11 is 7.60. The van der Waals surface area contributed by atoms with Gasteiger partial charge in [0.05, 0.1) is 23.7 Å². The second kappa shape index (κ2) is 10.3. The van der Waals surface area contributed by atoms with Gasteiger partial charge >= 0.3 is 5.97 Å². The van der Waals surface area contributed by atoms with Gasteiger partial charge in [-0.3, -0.25) is 9.59 Å². The number of ether oxygens (including phenoxy) is 1. The maximum atomic E-state index is 13.4. The average Bonchev–Trinajstić information content (AvgIpc) is 3.19. The molecule has 0 spiro atoms. The Hall–Kier alpha value is -2.78. The van der Waals surface area contributed by atoms with Crippen molar-refractivity contribution in [2.24, 2.45) is 4.99 Å². The number of rotatable bonds is 4. The maximum absolute atomic E-state index is 13.4. The lowest BCUT2D eigenvalue weighted by Gasteiger charge is -2.38. The van der Waals surface area contributed by atoms with Crippen LogP contribution in [0.1, 0.15) is 52.6 Å². The number of benzene rings is 1. The highest BCUT2D eigenvalue weighted by Crippen LogP contribution is 2.45. The lowest BCUT2D eigenvalue weighted by molar-refractivity contribution is -0.150. The molecule has 4 rings (SSSR count). The van der Waals surface area contributed by atoms with Crippen molar-refractivity contribution >= 4 is 46.3 Å². The van der Waals surface area contributed by atoms with E-state index >= 15 is 0 Å². The average molecular weight is 531 g/mol. The van der Waals surface area contributed by atoms with Gasteiger partial charge in [0.1, 0.15) is 5.60 Å². The van der Waals surface area contributed by atoms with Gasteiger partial charge < -0.3 is 19.4 Å². The fraction of sp³-hybridized carbons (Fsp3) is 0.462. The van der Waals surface area contributed by atoms with Crippen LogP contribution < -0.4 is 0 Å². The van der Waals surface area contributed by atoms with Crippen molar-refractivity contribution in [3.63, 3.8) is 0 Å². The molecule has 8 nitrogen and oxygen atoms in total. The van der Waals surface area contributed by atoms with E-state index in [1.807, 2.05) is 50.1 Å². The molecule has 1 fully saturated rings. The molecule has 10 heteroatoms. The molecular formula is C26H31ClN4O4S. The molecule has 3 heterocycles. The van der Waals surface area contributed by atoms with Crippen molar-refractivity contribution in [3.8, 4) is 0 Å². The molecule has 0 aliphatic carbocycles. The van der Waals surface area contributed by atoms with Crippen molar-refractivity contribution in [2.45, 2.75) is 52.7 Å². The van der Waals surface area contributed by atoms with Gasteiger partial charge in [0.25, 0.3) is 0 Å². The van der Waals surface area contributed by atoms with Crippen LogP contribution in [0.3, 0.4) is 0 Å². The smallest absolute Gasteiger partial charge is 0.338 e. The third-order valence-electron chi connectivity index (χ3n) is 6.22. The number of allylic oxidation sites excluding steroid dienone is 1. The number of amidine groups is 1. The van der Waals surface area contributed by atoms with Crippen molar-refractivity contribution in [3.05, 3.63) is 57.2 Å². The van der Waals surface area contributed by atoms with Gasteiger partial charge in [0, 0.05) is 43.8 Å². The standard InChI is InChI=1S/C26H31ClN4O4S/c1-16-22(24(34)35-26(3,4)5)23(18-6-8-19(27)9-7-18)31-20(15-36-25(31)28-16)14-21(33)30-12-10-29(11-13-30)17(2)32/h6-9,15,23H,10-14H2,1-5H3/t23-/m0/s1. The number of hydrogen-bond donors (Lipinski definition) is 0. The number of piperazine rings is 1. The highest BCUT2D eigenvalue weighted by molar-refractivity contribution is 8.16. The summed E-state index contributed by atoms with van der Waals surface area (Å²) < 4.78 is 5.76. The van der Waals surface area contributed by atoms with Crippen molar-refractivity contribution in [1.29, 1.82) is 0 Å². The fourth-order valence-electron chi connectivity index (χ4n) is 4.46. The van der Waals surface area contributed by atoms with Gasteiger partial charge in [-0.15, -0.1) is 0 Å². The number of hydrogen-bond acceptors (Lipinski definition) is 7. The molecule has 0 N–H and O–H groups in total. The van der Waals surface area contributed by atoms with E-state index < -0.39 is 17.6 Å². The van der Waals surface area contributed by atoms with Gasteiger partial charge in [-0.05, 0) is 50.8 Å². The van der Waals surface area contributed by atoms with Gasteiger partial charge in [0.2, 0.25) is 11.8 Å². The number of carbonyl (C=O) groups is 3. The number of nitrogens with zero attached hydrogens (tertiary/aromatic N) is 4. The van der Waals surface area contributed by atoms with E-state index in [1.165, 1.54) is 11.8 Å². The molecular weight excluding hydrogens is 500 g/mol. The van der Waals surface area contributed by atoms with Gasteiger partial charge in [0.15, 0.2) is 5.17 Å². The Morgan fingerprint density at radius 2 is 1.69 bits per heavy atom. The first-order valence-corrected chi connectivity index (χ1v) is 13.2. The molecule has 2 amide bonds. The van der Waals surface area contributed by atoms with Crippen LogP contribution in [0, 0.1) is 0 Å². The topological polar surface area (TPSA) is 82.5 Å². The Labute approximate surface area is 221 Å². The molecule has 1 aromatic rings. The SMILES string of the molecule is CC(=O)N1CCN(C(=O)CC2=CSC3=NC(C)=C(C(=O)OC(C)(C)C)[C@H](c4ccc(Cl)cc4)N23)CC1. The third kappa shape index (κ3) is 5.62. The number of esters is 1. The third-order valence-corrected chi connectivity index (χ3v) is 7.36. The van der Waals surface area contributed by atoms with Crippen LogP contribution in [0.25, 0.3) is 0 Å². The van der Waals surface area contributed by atoms with E-state index in [4.69, 9.17) is 21.3 Å². The zero-order chi connectivity index (χ0) is 26.2. The molecule has 0 saturated carbocycles. The Bertz CT molecular complexity index is 1160. The Balaban J connectivity index is 1.63. The molecule has 36 heavy (non-hydrogen) atoms. The summed E-state index contributed by atoms with van der Waals surface area (Å²) in [4.78, 5) is 48.5. The number of aliphatic imine (C=N–C) groups is 1. The summed E-state index contributed by atoms with van der Waals surface area (Å²) in [5.41, 5.74) is 1.97. The quantitative estimate of drug-likeness (QED) is 0.539. The first-order chi connectivity index (χ1) is 16.9. The van der Waals surface area contributed by atoms with Crippen LogP contribution in [0.2, 0.25) is 5.02 Å². The highest BCUT2D eigenvalue weighted by atomic mass is 35.5. The van der Waals surface area contributed by atoms with Crippen LogP contribution >= 0.6 is 23.4 Å². The molecule has 0 radical (unpaired) electrons. The lowest BCUT2D eigenvalue weighted by atomic mass is 9.93. The Morgan fingerprint density at radius 1 is 1.08 bits per heavy atom. The second-order valence-corrected chi connectivity index (χ2v) is 11.3. The first-order valence-electron chi connectivity index (χ1n) is 11.9. The maximum Gasteiger partial charge on any atom is 0.338 e. The number of carbonyl (C=O) groups excluding carboxylic acids is 3.